The fourth-order valence-electron chi connectivity index (χ4n) is 0.851. The highest BCUT2D eigenvalue weighted by atomic mass is 79.9. The quantitative estimate of drug-likeness (QED) is 0.480. The van der Waals surface area contributed by atoms with Crippen LogP contribution in [0.5, 0.6) is 0 Å². The summed E-state index contributed by atoms with van der Waals surface area (Å²) in [5, 5.41) is 0. The molecule has 1 aromatic rings. The average molecular weight is 239 g/mol. The zero-order chi connectivity index (χ0) is 9.46. The molecule has 0 spiro atoms. The minimum Gasteiger partial charge on any atom is -0.203 e. The van der Waals surface area contributed by atoms with E-state index in [9.17, 15) is 13.2 Å². The summed E-state index contributed by atoms with van der Waals surface area (Å²) in [5.41, 5.74) is 0.507. The molecule has 0 bridgehead atoms. The maximum atomic E-state index is 12.8. The summed E-state index contributed by atoms with van der Waals surface area (Å²) in [7, 11) is 0. The van der Waals surface area contributed by atoms with E-state index in [1.165, 1.54) is 13.8 Å². The second kappa shape index (κ2) is 3.09. The highest BCUT2D eigenvalue weighted by Crippen LogP contribution is 2.27. The lowest BCUT2D eigenvalue weighted by atomic mass is 10.1. The third-order valence-electron chi connectivity index (χ3n) is 1.80. The van der Waals surface area contributed by atoms with Gasteiger partial charge in [0, 0.05) is 0 Å². The van der Waals surface area contributed by atoms with Crippen LogP contribution in [0.3, 0.4) is 0 Å². The molecule has 0 aromatic heterocycles. The van der Waals surface area contributed by atoms with Gasteiger partial charge in [0.1, 0.15) is 0 Å². The summed E-state index contributed by atoms with van der Waals surface area (Å²) in [5.74, 6) is -3.71. The van der Waals surface area contributed by atoms with E-state index in [0.29, 0.717) is 5.56 Å². The summed E-state index contributed by atoms with van der Waals surface area (Å²) in [4.78, 5) is 0. The van der Waals surface area contributed by atoms with Crippen LogP contribution in [0, 0.1) is 31.3 Å². The molecule has 0 atom stereocenters. The van der Waals surface area contributed by atoms with Crippen molar-refractivity contribution in [2.45, 2.75) is 13.8 Å². The first-order valence-electron chi connectivity index (χ1n) is 3.26. The van der Waals surface area contributed by atoms with Crippen LogP contribution in [0.4, 0.5) is 13.2 Å². The van der Waals surface area contributed by atoms with Crippen LogP contribution in [-0.4, -0.2) is 0 Å². The minimum absolute atomic E-state index is 0.0149. The van der Waals surface area contributed by atoms with Gasteiger partial charge >= 0.3 is 0 Å². The molecular formula is C8H6BrF3. The Morgan fingerprint density at radius 2 is 1.33 bits per heavy atom. The second-order valence-corrected chi connectivity index (χ2v) is 3.30. The van der Waals surface area contributed by atoms with Crippen molar-refractivity contribution in [2.24, 2.45) is 0 Å². The predicted molar refractivity (Wildman–Crippen MR) is 43.5 cm³/mol. The Morgan fingerprint density at radius 3 is 1.83 bits per heavy atom. The second-order valence-electron chi connectivity index (χ2n) is 2.51. The zero-order valence-electron chi connectivity index (χ0n) is 6.51. The molecule has 0 heterocycles. The van der Waals surface area contributed by atoms with E-state index in [1.807, 2.05) is 0 Å². The molecule has 0 saturated heterocycles. The third-order valence-corrected chi connectivity index (χ3v) is 2.74. The summed E-state index contributed by atoms with van der Waals surface area (Å²) in [6, 6.07) is 0. The van der Waals surface area contributed by atoms with E-state index in [2.05, 4.69) is 15.9 Å². The zero-order valence-corrected chi connectivity index (χ0v) is 8.10. The first-order chi connectivity index (χ1) is 5.46. The monoisotopic (exact) mass is 238 g/mol. The van der Waals surface area contributed by atoms with Crippen molar-refractivity contribution in [1.29, 1.82) is 0 Å². The van der Waals surface area contributed by atoms with Crippen LogP contribution in [0.1, 0.15) is 11.1 Å². The van der Waals surface area contributed by atoms with E-state index in [1.54, 1.807) is 0 Å². The van der Waals surface area contributed by atoms with Crippen LogP contribution in [0.15, 0.2) is 4.47 Å². The number of benzene rings is 1. The van der Waals surface area contributed by atoms with Gasteiger partial charge in [0.05, 0.1) is 4.47 Å². The molecule has 1 rings (SSSR count). The van der Waals surface area contributed by atoms with E-state index in [4.69, 9.17) is 0 Å². The summed E-state index contributed by atoms with van der Waals surface area (Å²) < 4.78 is 38.2. The van der Waals surface area contributed by atoms with Crippen molar-refractivity contribution in [3.05, 3.63) is 33.1 Å². The molecule has 0 N–H and O–H groups in total. The molecule has 12 heavy (non-hydrogen) atoms. The lowest BCUT2D eigenvalue weighted by Gasteiger charge is -2.06. The van der Waals surface area contributed by atoms with Gasteiger partial charge in [-0.15, -0.1) is 0 Å². The van der Waals surface area contributed by atoms with Gasteiger partial charge in [0.15, 0.2) is 17.5 Å². The number of hydrogen-bond acceptors (Lipinski definition) is 0. The van der Waals surface area contributed by atoms with Crippen molar-refractivity contribution in [2.75, 3.05) is 0 Å². The summed E-state index contributed by atoms with van der Waals surface area (Å²) in [6.07, 6.45) is 0. The van der Waals surface area contributed by atoms with Crippen LogP contribution < -0.4 is 0 Å². The number of rotatable bonds is 0. The van der Waals surface area contributed by atoms with E-state index < -0.39 is 17.5 Å². The molecule has 1 aromatic carbocycles. The molecule has 0 aliphatic rings. The maximum absolute atomic E-state index is 12.8. The standard InChI is InChI=1S/C8H6BrF3/c1-3-4(2)6(10)8(12)7(11)5(3)9/h1-2H3. The van der Waals surface area contributed by atoms with Crippen LogP contribution in [-0.2, 0) is 0 Å². The Morgan fingerprint density at radius 1 is 0.833 bits per heavy atom. The molecular weight excluding hydrogens is 233 g/mol. The summed E-state index contributed by atoms with van der Waals surface area (Å²) in [6.45, 7) is 2.92. The Kier molecular flexibility index (Phi) is 2.46. The Balaban J connectivity index is 3.60. The lowest BCUT2D eigenvalue weighted by Crippen LogP contribution is -1.99. The molecule has 0 nitrogen and oxygen atoms in total. The molecule has 66 valence electrons. The van der Waals surface area contributed by atoms with Gasteiger partial charge in [-0.2, -0.15) is 0 Å². The van der Waals surface area contributed by atoms with Gasteiger partial charge < -0.3 is 0 Å². The van der Waals surface area contributed by atoms with Crippen molar-refractivity contribution >= 4 is 15.9 Å². The van der Waals surface area contributed by atoms with Crippen LogP contribution >= 0.6 is 15.9 Å². The Labute approximate surface area is 76.5 Å². The maximum Gasteiger partial charge on any atom is 0.195 e. The Hall–Kier alpha value is -0.510. The fraction of sp³-hybridized carbons (Fsp3) is 0.250. The highest BCUT2D eigenvalue weighted by molar-refractivity contribution is 9.10. The van der Waals surface area contributed by atoms with Crippen LogP contribution in [0.2, 0.25) is 0 Å². The van der Waals surface area contributed by atoms with Gasteiger partial charge in [-0.3, -0.25) is 0 Å². The van der Waals surface area contributed by atoms with Gasteiger partial charge in [-0.25, -0.2) is 13.2 Å². The van der Waals surface area contributed by atoms with Gasteiger partial charge in [0.2, 0.25) is 0 Å². The molecule has 0 saturated carbocycles. The SMILES string of the molecule is Cc1c(C)c(Br)c(F)c(F)c1F. The molecule has 0 unspecified atom stereocenters. The average Bonchev–Trinajstić information content (AvgIpc) is 2.08. The molecule has 0 fully saturated rings. The van der Waals surface area contributed by atoms with Gasteiger partial charge in [-0.05, 0) is 40.9 Å². The third kappa shape index (κ3) is 1.24. The molecule has 0 aliphatic heterocycles. The largest absolute Gasteiger partial charge is 0.203 e. The summed E-state index contributed by atoms with van der Waals surface area (Å²) >= 11 is 2.83. The van der Waals surface area contributed by atoms with Crippen molar-refractivity contribution in [1.82, 2.24) is 0 Å². The van der Waals surface area contributed by atoms with E-state index >= 15 is 0 Å². The minimum atomic E-state index is -1.43. The normalized spacial score (nSPS) is 10.5. The smallest absolute Gasteiger partial charge is 0.195 e. The Bertz CT molecular complexity index is 229. The predicted octanol–water partition coefficient (Wildman–Crippen LogP) is 3.48. The molecule has 0 aliphatic carbocycles. The van der Waals surface area contributed by atoms with Crippen molar-refractivity contribution < 1.29 is 13.2 Å². The van der Waals surface area contributed by atoms with Gasteiger partial charge in [-0.1, -0.05) is 0 Å². The van der Waals surface area contributed by atoms with Crippen LogP contribution in [0.25, 0.3) is 0 Å². The first-order valence-corrected chi connectivity index (χ1v) is 4.05. The van der Waals surface area contributed by atoms with Crippen molar-refractivity contribution in [3.63, 3.8) is 0 Å². The number of hydrogen-bond donors (Lipinski definition) is 0. The molecule has 0 radical (unpaired) electrons. The fourth-order valence-corrected chi connectivity index (χ4v) is 1.32. The van der Waals surface area contributed by atoms with Gasteiger partial charge in [0.25, 0.3) is 0 Å². The van der Waals surface area contributed by atoms with Crippen molar-refractivity contribution in [3.8, 4) is 0 Å². The van der Waals surface area contributed by atoms with E-state index in [0.717, 1.165) is 0 Å². The first kappa shape index (κ1) is 9.58. The highest BCUT2D eigenvalue weighted by Gasteiger charge is 2.18. The topological polar surface area (TPSA) is 0 Å². The molecule has 0 amide bonds. The lowest BCUT2D eigenvalue weighted by molar-refractivity contribution is 0.439. The molecule has 4 heteroatoms. The number of halogens is 4. The van der Waals surface area contributed by atoms with E-state index in [-0.39, 0.29) is 10.0 Å².